The molecule has 2 aromatic rings. The Morgan fingerprint density at radius 2 is 1.84 bits per heavy atom. The van der Waals surface area contributed by atoms with Crippen molar-refractivity contribution in [3.05, 3.63) is 46.2 Å². The normalized spacial score (nSPS) is 12.2. The first kappa shape index (κ1) is 13.9. The van der Waals surface area contributed by atoms with Crippen molar-refractivity contribution in [2.75, 3.05) is 14.2 Å². The lowest BCUT2D eigenvalue weighted by Crippen LogP contribution is -2.00. The molecule has 1 atom stereocenters. The fourth-order valence-electron chi connectivity index (χ4n) is 1.93. The second kappa shape index (κ2) is 6.59. The highest BCUT2D eigenvalue weighted by Gasteiger charge is 2.11. The smallest absolute Gasteiger partial charge is 0.122 e. The molecule has 1 aromatic heterocycles. The predicted octanol–water partition coefficient (Wildman–Crippen LogP) is 3.43. The fraction of sp³-hybridized carbons (Fsp3) is 0.333. The largest absolute Gasteiger partial charge is 0.497 e. The Bertz CT molecular complexity index is 486. The molecule has 0 fully saturated rings. The molecule has 0 saturated carbocycles. The quantitative estimate of drug-likeness (QED) is 0.879. The van der Waals surface area contributed by atoms with E-state index in [2.05, 4.69) is 16.8 Å². The minimum Gasteiger partial charge on any atom is -0.497 e. The number of rotatable bonds is 6. The van der Waals surface area contributed by atoms with Gasteiger partial charge >= 0.3 is 0 Å². The van der Waals surface area contributed by atoms with Gasteiger partial charge in [-0.05, 0) is 52.9 Å². The van der Waals surface area contributed by atoms with E-state index in [9.17, 15) is 5.11 Å². The molecule has 3 nitrogen and oxygen atoms in total. The maximum absolute atomic E-state index is 10.3. The average molecular weight is 278 g/mol. The Labute approximate surface area is 117 Å². The Hall–Kier alpha value is -1.52. The third-order valence-electron chi connectivity index (χ3n) is 3.05. The van der Waals surface area contributed by atoms with Crippen molar-refractivity contribution >= 4 is 11.3 Å². The third-order valence-corrected chi connectivity index (χ3v) is 3.78. The van der Waals surface area contributed by atoms with Crippen LogP contribution in [0, 0.1) is 0 Å². The van der Waals surface area contributed by atoms with Crippen molar-refractivity contribution in [3.63, 3.8) is 0 Å². The summed E-state index contributed by atoms with van der Waals surface area (Å²) in [5.74, 6) is 1.40. The molecule has 0 spiro atoms. The molecule has 0 aliphatic rings. The lowest BCUT2D eigenvalue weighted by Gasteiger charge is -2.13. The Morgan fingerprint density at radius 3 is 2.37 bits per heavy atom. The van der Waals surface area contributed by atoms with Gasteiger partial charge in [-0.25, -0.2) is 0 Å². The zero-order valence-corrected chi connectivity index (χ0v) is 11.9. The topological polar surface area (TPSA) is 38.7 Å². The van der Waals surface area contributed by atoms with Crippen LogP contribution in [0.4, 0.5) is 0 Å². The van der Waals surface area contributed by atoms with Gasteiger partial charge in [0.05, 0.1) is 20.3 Å². The van der Waals surface area contributed by atoms with Crippen LogP contribution in [-0.4, -0.2) is 19.3 Å². The van der Waals surface area contributed by atoms with Gasteiger partial charge in [-0.3, -0.25) is 0 Å². The maximum Gasteiger partial charge on any atom is 0.122 e. The van der Waals surface area contributed by atoms with Crippen molar-refractivity contribution < 1.29 is 14.6 Å². The van der Waals surface area contributed by atoms with Gasteiger partial charge in [0, 0.05) is 6.07 Å². The van der Waals surface area contributed by atoms with Crippen molar-refractivity contribution in [3.8, 4) is 11.5 Å². The summed E-state index contributed by atoms with van der Waals surface area (Å²) >= 11 is 1.68. The van der Waals surface area contributed by atoms with Gasteiger partial charge < -0.3 is 14.6 Å². The zero-order valence-electron chi connectivity index (χ0n) is 11.1. The first-order chi connectivity index (χ1) is 9.22. The van der Waals surface area contributed by atoms with E-state index in [4.69, 9.17) is 9.47 Å². The highest BCUT2D eigenvalue weighted by molar-refractivity contribution is 7.07. The number of benzene rings is 1. The number of aryl methyl sites for hydroxylation is 1. The highest BCUT2D eigenvalue weighted by Crippen LogP contribution is 2.28. The fourth-order valence-corrected chi connectivity index (χ4v) is 2.63. The number of hydrogen-bond donors (Lipinski definition) is 1. The number of ether oxygens (including phenoxy) is 2. The van der Waals surface area contributed by atoms with E-state index >= 15 is 0 Å². The molecule has 1 unspecified atom stereocenters. The Balaban J connectivity index is 2.07. The van der Waals surface area contributed by atoms with E-state index in [1.807, 2.05) is 12.1 Å². The van der Waals surface area contributed by atoms with Crippen LogP contribution >= 0.6 is 11.3 Å². The molecule has 1 aromatic carbocycles. The zero-order chi connectivity index (χ0) is 13.7. The first-order valence-electron chi connectivity index (χ1n) is 6.15. The minimum atomic E-state index is -0.510. The van der Waals surface area contributed by atoms with Crippen LogP contribution in [0.3, 0.4) is 0 Å². The average Bonchev–Trinajstić information content (AvgIpc) is 2.97. The molecule has 0 aliphatic heterocycles. The van der Waals surface area contributed by atoms with Crippen LogP contribution in [0.25, 0.3) is 0 Å². The molecular formula is C15H18O3S. The summed E-state index contributed by atoms with van der Waals surface area (Å²) in [6.07, 6.45) is 1.04. The van der Waals surface area contributed by atoms with E-state index in [-0.39, 0.29) is 0 Å². The lowest BCUT2D eigenvalue weighted by molar-refractivity contribution is 0.167. The molecule has 19 heavy (non-hydrogen) atoms. The van der Waals surface area contributed by atoms with Crippen molar-refractivity contribution in [1.29, 1.82) is 0 Å². The Kier molecular flexibility index (Phi) is 4.82. The van der Waals surface area contributed by atoms with Gasteiger partial charge in [-0.2, -0.15) is 11.3 Å². The molecule has 102 valence electrons. The van der Waals surface area contributed by atoms with Crippen molar-refractivity contribution in [2.24, 2.45) is 0 Å². The van der Waals surface area contributed by atoms with Crippen molar-refractivity contribution in [2.45, 2.75) is 18.9 Å². The molecular weight excluding hydrogens is 260 g/mol. The van der Waals surface area contributed by atoms with E-state index in [0.29, 0.717) is 17.9 Å². The van der Waals surface area contributed by atoms with Gasteiger partial charge in [-0.15, -0.1) is 0 Å². The lowest BCUT2D eigenvalue weighted by atomic mass is 10.0. The molecule has 2 rings (SSSR count). The molecule has 0 radical (unpaired) electrons. The molecule has 4 heteroatoms. The van der Waals surface area contributed by atoms with Crippen molar-refractivity contribution in [1.82, 2.24) is 0 Å². The van der Waals surface area contributed by atoms with Crippen LogP contribution in [0.2, 0.25) is 0 Å². The monoisotopic (exact) mass is 278 g/mol. The molecule has 0 saturated heterocycles. The van der Waals surface area contributed by atoms with Crippen LogP contribution < -0.4 is 9.47 Å². The van der Waals surface area contributed by atoms with Gasteiger partial charge in [0.2, 0.25) is 0 Å². The van der Waals surface area contributed by atoms with E-state index in [0.717, 1.165) is 12.0 Å². The standard InChI is InChI=1S/C15H18O3S/c1-17-13-7-12(8-14(9-13)18-2)15(16)4-3-11-5-6-19-10-11/h5-10,15-16H,3-4H2,1-2H3. The number of hydrogen-bond acceptors (Lipinski definition) is 4. The van der Waals surface area contributed by atoms with E-state index in [1.54, 1.807) is 31.6 Å². The number of methoxy groups -OCH3 is 2. The van der Waals surface area contributed by atoms with Crippen LogP contribution in [0.15, 0.2) is 35.0 Å². The van der Waals surface area contributed by atoms with Gasteiger partial charge in [0.15, 0.2) is 0 Å². The third kappa shape index (κ3) is 3.72. The summed E-state index contributed by atoms with van der Waals surface area (Å²) in [5, 5.41) is 14.4. The molecule has 1 heterocycles. The van der Waals surface area contributed by atoms with E-state index < -0.39 is 6.10 Å². The van der Waals surface area contributed by atoms with Crippen LogP contribution in [-0.2, 0) is 6.42 Å². The number of thiophene rings is 1. The molecule has 0 amide bonds. The summed E-state index contributed by atoms with van der Waals surface area (Å²) < 4.78 is 10.4. The molecule has 0 aliphatic carbocycles. The number of aliphatic hydroxyl groups excluding tert-OH is 1. The molecule has 0 bridgehead atoms. The van der Waals surface area contributed by atoms with Gasteiger partial charge in [-0.1, -0.05) is 0 Å². The first-order valence-corrected chi connectivity index (χ1v) is 7.09. The minimum absolute atomic E-state index is 0.510. The second-order valence-electron chi connectivity index (χ2n) is 4.33. The maximum atomic E-state index is 10.3. The summed E-state index contributed by atoms with van der Waals surface area (Å²) in [5.41, 5.74) is 2.09. The summed E-state index contributed by atoms with van der Waals surface area (Å²) in [6, 6.07) is 7.58. The summed E-state index contributed by atoms with van der Waals surface area (Å²) in [6.45, 7) is 0. The summed E-state index contributed by atoms with van der Waals surface area (Å²) in [7, 11) is 3.21. The van der Waals surface area contributed by atoms with Crippen LogP contribution in [0.5, 0.6) is 11.5 Å². The second-order valence-corrected chi connectivity index (χ2v) is 5.11. The Morgan fingerprint density at radius 1 is 1.16 bits per heavy atom. The number of aliphatic hydroxyl groups is 1. The van der Waals surface area contributed by atoms with E-state index in [1.165, 1.54) is 5.56 Å². The molecule has 1 N–H and O–H groups in total. The summed E-state index contributed by atoms with van der Waals surface area (Å²) in [4.78, 5) is 0. The van der Waals surface area contributed by atoms with Gasteiger partial charge in [0.1, 0.15) is 11.5 Å². The van der Waals surface area contributed by atoms with Gasteiger partial charge in [0.25, 0.3) is 0 Å². The predicted molar refractivity (Wildman–Crippen MR) is 77.1 cm³/mol. The highest BCUT2D eigenvalue weighted by atomic mass is 32.1. The SMILES string of the molecule is COc1cc(OC)cc(C(O)CCc2ccsc2)c1. The van der Waals surface area contributed by atoms with Crippen LogP contribution in [0.1, 0.15) is 23.7 Å².